The predicted molar refractivity (Wildman–Crippen MR) is 113 cm³/mol. The normalized spacial score (nSPS) is 15.6. The molecule has 5 atom stereocenters. The van der Waals surface area contributed by atoms with Gasteiger partial charge in [0.2, 0.25) is 17.7 Å². The summed E-state index contributed by atoms with van der Waals surface area (Å²) in [5.41, 5.74) is 16.0. The highest BCUT2D eigenvalue weighted by molar-refractivity contribution is 7.80. The third-order valence-corrected chi connectivity index (χ3v) is 4.22. The number of carbonyl (C=O) groups is 4. The van der Waals surface area contributed by atoms with Crippen LogP contribution in [0.4, 0.5) is 0 Å². The van der Waals surface area contributed by atoms with Gasteiger partial charge in [0.25, 0.3) is 0 Å². The molecule has 14 heteroatoms. The van der Waals surface area contributed by atoms with E-state index in [2.05, 4.69) is 33.6 Å². The summed E-state index contributed by atoms with van der Waals surface area (Å²) < 4.78 is 0. The summed E-state index contributed by atoms with van der Waals surface area (Å²) in [7, 11) is 0. The van der Waals surface area contributed by atoms with Gasteiger partial charge in [0.1, 0.15) is 18.1 Å². The zero-order valence-corrected chi connectivity index (χ0v) is 17.8. The van der Waals surface area contributed by atoms with Gasteiger partial charge >= 0.3 is 5.97 Å². The van der Waals surface area contributed by atoms with Crippen LogP contribution in [0.2, 0.25) is 0 Å². The number of aliphatic carboxylic acids is 1. The van der Waals surface area contributed by atoms with Crippen LogP contribution in [0.1, 0.15) is 26.7 Å². The van der Waals surface area contributed by atoms with Crippen LogP contribution in [0.5, 0.6) is 0 Å². The summed E-state index contributed by atoms with van der Waals surface area (Å²) in [5, 5.41) is 25.9. The van der Waals surface area contributed by atoms with E-state index in [1.807, 2.05) is 0 Å². The standard InChI is InChI=1S/C16H31N7O6S/c1-7(17)12(25)21-9(4-3-5-20-16(18)19)13(26)23-11(8(2)24)14(27)22-10(6-30)15(28)29/h7-11,24,30H,3-6,17H2,1-2H3,(H,21,25)(H,22,27)(H,23,26)(H,28,29)(H4,18,19,20). The van der Waals surface area contributed by atoms with Crippen LogP contribution in [0.3, 0.4) is 0 Å². The lowest BCUT2D eigenvalue weighted by molar-refractivity contribution is -0.142. The number of carbonyl (C=O) groups excluding carboxylic acids is 3. The smallest absolute Gasteiger partial charge is 0.327 e. The molecule has 0 aromatic rings. The van der Waals surface area contributed by atoms with E-state index in [4.69, 9.17) is 22.3 Å². The second-order valence-corrected chi connectivity index (χ2v) is 6.97. The van der Waals surface area contributed by atoms with Crippen molar-refractivity contribution < 1.29 is 29.4 Å². The predicted octanol–water partition coefficient (Wildman–Crippen LogP) is -3.76. The number of aliphatic hydroxyl groups excluding tert-OH is 1. The molecule has 0 bridgehead atoms. The quantitative estimate of drug-likeness (QED) is 0.0580. The Morgan fingerprint density at radius 3 is 2.00 bits per heavy atom. The average molecular weight is 450 g/mol. The number of thiol groups is 1. The molecule has 0 aliphatic rings. The topological polar surface area (TPSA) is 235 Å². The Kier molecular flexibility index (Phi) is 12.4. The number of nitrogens with zero attached hydrogens (tertiary/aromatic N) is 1. The molecule has 0 saturated carbocycles. The number of guanidine groups is 1. The number of hydrogen-bond acceptors (Lipinski definition) is 8. The van der Waals surface area contributed by atoms with Gasteiger partial charge in [-0.3, -0.25) is 19.4 Å². The highest BCUT2D eigenvalue weighted by atomic mass is 32.1. The van der Waals surface area contributed by atoms with Crippen LogP contribution < -0.4 is 33.2 Å². The first-order valence-electron chi connectivity index (χ1n) is 9.14. The lowest BCUT2D eigenvalue weighted by atomic mass is 10.1. The minimum Gasteiger partial charge on any atom is -0.480 e. The van der Waals surface area contributed by atoms with Crippen LogP contribution in [0, 0.1) is 0 Å². The van der Waals surface area contributed by atoms with Crippen molar-refractivity contribution in [2.45, 2.75) is 57.0 Å². The molecule has 0 radical (unpaired) electrons. The second kappa shape index (κ2) is 13.6. The maximum atomic E-state index is 12.7. The highest BCUT2D eigenvalue weighted by Gasteiger charge is 2.32. The average Bonchev–Trinajstić information content (AvgIpc) is 2.64. The molecule has 0 aliphatic carbocycles. The number of amides is 3. The van der Waals surface area contributed by atoms with E-state index >= 15 is 0 Å². The van der Waals surface area contributed by atoms with Crippen molar-refractivity contribution in [1.82, 2.24) is 16.0 Å². The van der Waals surface area contributed by atoms with Crippen molar-refractivity contribution in [3.63, 3.8) is 0 Å². The maximum Gasteiger partial charge on any atom is 0.327 e. The number of nitrogens with two attached hydrogens (primary N) is 3. The van der Waals surface area contributed by atoms with Gasteiger partial charge in [0.15, 0.2) is 5.96 Å². The summed E-state index contributed by atoms with van der Waals surface area (Å²) >= 11 is 3.84. The Hall–Kier alpha value is -2.58. The third kappa shape index (κ3) is 10.3. The molecule has 0 aromatic carbocycles. The second-order valence-electron chi connectivity index (χ2n) is 6.61. The number of rotatable bonds is 13. The van der Waals surface area contributed by atoms with E-state index in [-0.39, 0.29) is 24.7 Å². The molecule has 30 heavy (non-hydrogen) atoms. The van der Waals surface area contributed by atoms with Crippen molar-refractivity contribution in [3.05, 3.63) is 0 Å². The van der Waals surface area contributed by atoms with E-state index in [1.165, 1.54) is 13.8 Å². The molecule has 0 aliphatic heterocycles. The molecule has 13 nitrogen and oxygen atoms in total. The van der Waals surface area contributed by atoms with Gasteiger partial charge in [-0.15, -0.1) is 0 Å². The van der Waals surface area contributed by atoms with Crippen LogP contribution in [-0.4, -0.2) is 82.4 Å². The highest BCUT2D eigenvalue weighted by Crippen LogP contribution is 2.03. The summed E-state index contributed by atoms with van der Waals surface area (Å²) in [6, 6.07) is -4.76. The number of aliphatic imine (C=N–C) groups is 1. The lowest BCUT2D eigenvalue weighted by Crippen LogP contribution is -2.59. The zero-order valence-electron chi connectivity index (χ0n) is 16.9. The fourth-order valence-electron chi connectivity index (χ4n) is 2.18. The van der Waals surface area contributed by atoms with Crippen molar-refractivity contribution in [2.75, 3.05) is 12.3 Å². The van der Waals surface area contributed by atoms with Crippen LogP contribution in [0.25, 0.3) is 0 Å². The monoisotopic (exact) mass is 449 g/mol. The SMILES string of the molecule is CC(N)C(=O)NC(CCCN=C(N)N)C(=O)NC(C(=O)NC(CS)C(=O)O)C(C)O. The van der Waals surface area contributed by atoms with Crippen LogP contribution in [-0.2, 0) is 19.2 Å². The molecule has 3 amide bonds. The van der Waals surface area contributed by atoms with Crippen LogP contribution >= 0.6 is 12.6 Å². The van der Waals surface area contributed by atoms with Gasteiger partial charge in [-0.1, -0.05) is 0 Å². The fourth-order valence-corrected chi connectivity index (χ4v) is 2.43. The first kappa shape index (κ1) is 27.4. The number of carboxylic acid groups (broad SMARTS) is 1. The number of aliphatic hydroxyl groups is 1. The molecule has 0 aromatic heterocycles. The molecule has 0 heterocycles. The Morgan fingerprint density at radius 2 is 1.57 bits per heavy atom. The van der Waals surface area contributed by atoms with Gasteiger partial charge in [0.05, 0.1) is 12.1 Å². The first-order valence-corrected chi connectivity index (χ1v) is 9.77. The Morgan fingerprint density at radius 1 is 1.00 bits per heavy atom. The van der Waals surface area contributed by atoms with Gasteiger partial charge in [-0.25, -0.2) is 4.79 Å². The summed E-state index contributed by atoms with van der Waals surface area (Å²) in [6.07, 6.45) is -0.916. The molecule has 0 rings (SSSR count). The van der Waals surface area contributed by atoms with Crippen LogP contribution in [0.15, 0.2) is 4.99 Å². The molecule has 0 saturated heterocycles. The van der Waals surface area contributed by atoms with Gasteiger partial charge in [-0.05, 0) is 26.7 Å². The molecule has 0 spiro atoms. The Bertz CT molecular complexity index is 640. The van der Waals surface area contributed by atoms with E-state index in [0.717, 1.165) is 0 Å². The van der Waals surface area contributed by atoms with Gasteiger partial charge in [0, 0.05) is 12.3 Å². The van der Waals surface area contributed by atoms with Crippen molar-refractivity contribution in [1.29, 1.82) is 0 Å². The summed E-state index contributed by atoms with van der Waals surface area (Å²) in [4.78, 5) is 51.8. The summed E-state index contributed by atoms with van der Waals surface area (Å²) in [6.45, 7) is 2.87. The number of nitrogens with one attached hydrogen (secondary N) is 3. The van der Waals surface area contributed by atoms with Crippen molar-refractivity contribution in [3.8, 4) is 0 Å². The van der Waals surface area contributed by atoms with Crippen molar-refractivity contribution >= 4 is 42.3 Å². The van der Waals surface area contributed by atoms with Crippen molar-refractivity contribution in [2.24, 2.45) is 22.2 Å². The third-order valence-electron chi connectivity index (χ3n) is 3.85. The number of hydrogen-bond donors (Lipinski definition) is 9. The van der Waals surface area contributed by atoms with E-state index in [9.17, 15) is 24.3 Å². The number of carboxylic acids is 1. The minimum atomic E-state index is -1.47. The van der Waals surface area contributed by atoms with E-state index < -0.39 is 54.0 Å². The molecular formula is C16H31N7O6S. The van der Waals surface area contributed by atoms with E-state index in [0.29, 0.717) is 6.42 Å². The molecule has 172 valence electrons. The molecular weight excluding hydrogens is 418 g/mol. The molecule has 0 fully saturated rings. The largest absolute Gasteiger partial charge is 0.480 e. The maximum absolute atomic E-state index is 12.7. The minimum absolute atomic E-state index is 0.115. The Balaban J connectivity index is 5.30. The zero-order chi connectivity index (χ0) is 23.4. The lowest BCUT2D eigenvalue weighted by Gasteiger charge is -2.26. The fraction of sp³-hybridized carbons (Fsp3) is 0.688. The Labute approximate surface area is 179 Å². The molecule has 11 N–H and O–H groups in total. The summed E-state index contributed by atoms with van der Waals surface area (Å²) in [5.74, 6) is -3.94. The van der Waals surface area contributed by atoms with E-state index in [1.54, 1.807) is 0 Å². The van der Waals surface area contributed by atoms with Gasteiger partial charge < -0.3 is 43.4 Å². The molecule has 5 unspecified atom stereocenters. The van der Waals surface area contributed by atoms with Gasteiger partial charge in [-0.2, -0.15) is 12.6 Å². The first-order chi connectivity index (χ1) is 13.9.